The molecule has 2 aliphatic rings. The molecule has 0 atom stereocenters. The van der Waals surface area contributed by atoms with Crippen molar-refractivity contribution in [1.29, 1.82) is 0 Å². The molecule has 0 fully saturated rings. The second-order valence-electron chi connectivity index (χ2n) is 7.39. The molecule has 6 heteroatoms. The molecule has 4 aromatic rings. The number of nitrogens with zero attached hydrogens (tertiary/aromatic N) is 1. The van der Waals surface area contributed by atoms with Crippen molar-refractivity contribution in [3.05, 3.63) is 116 Å². The van der Waals surface area contributed by atoms with Gasteiger partial charge in [-0.15, -0.1) is 0 Å². The fourth-order valence-electron chi connectivity index (χ4n) is 4.19. The van der Waals surface area contributed by atoms with Crippen LogP contribution in [0.4, 0.5) is 4.39 Å². The molecule has 1 nitrogen and oxygen atoms in total. The number of alkyl halides is 1. The number of benzene rings is 4. The Kier molecular flexibility index (Phi) is 9.10. The summed E-state index contributed by atoms with van der Waals surface area (Å²) in [5, 5.41) is 0. The van der Waals surface area contributed by atoms with E-state index in [1.54, 1.807) is 0 Å². The molecule has 33 heavy (non-hydrogen) atoms. The summed E-state index contributed by atoms with van der Waals surface area (Å²) < 4.78 is 20.5. The molecule has 0 saturated carbocycles. The van der Waals surface area contributed by atoms with Gasteiger partial charge in [-0.05, 0) is 81.6 Å². The number of hydrogen-bond acceptors (Lipinski definition) is 2. The predicted octanol–water partition coefficient (Wildman–Crippen LogP) is 8.81. The van der Waals surface area contributed by atoms with Crippen LogP contribution in [0.15, 0.2) is 98.2 Å². The summed E-state index contributed by atoms with van der Waals surface area (Å²) in [5.41, 5.74) is 11.3. The summed E-state index contributed by atoms with van der Waals surface area (Å²) in [6, 6.07) is 30.3. The molecule has 0 bridgehead atoms. The standard InChI is InChI=1S/C13H8Br2.C13H10.CH3F.BHNS/c14-10-3-1-8-5-9-2-4-11(15)7-13(9)12(8)6-10;1-3-7-12-10(5-1)9-11-6-2-4-8-13(11)12;1-2;1-2-3/h1-4,6-7H,5H2;1-8H,9H2;1H3;3H/i;;1D;. The van der Waals surface area contributed by atoms with Crippen molar-refractivity contribution < 1.29 is 5.76 Å². The topological polar surface area (TPSA) is 12.4 Å². The van der Waals surface area contributed by atoms with Gasteiger partial charge in [0, 0.05) is 8.95 Å². The van der Waals surface area contributed by atoms with E-state index in [9.17, 15) is 4.39 Å². The number of thiol groups is 1. The van der Waals surface area contributed by atoms with Gasteiger partial charge in [-0.2, -0.15) is 0 Å². The van der Waals surface area contributed by atoms with Crippen LogP contribution in [0.2, 0.25) is 0 Å². The minimum absolute atomic E-state index is 1.00. The van der Waals surface area contributed by atoms with Crippen LogP contribution in [0, 0.1) is 0 Å². The van der Waals surface area contributed by atoms with Gasteiger partial charge in [0.15, 0.2) is 0 Å². The molecule has 4 aromatic carbocycles. The average Bonchev–Trinajstić information content (AvgIpc) is 3.38. The number of halogens is 3. The monoisotopic (exact) mass is 581 g/mol. The molecule has 0 N–H and O–H groups in total. The summed E-state index contributed by atoms with van der Waals surface area (Å²) in [7, 11) is 3.34. The van der Waals surface area contributed by atoms with Gasteiger partial charge in [0.2, 0.25) is 0 Å². The summed E-state index contributed by atoms with van der Waals surface area (Å²) in [4.78, 5) is 0. The first-order chi connectivity index (χ1) is 16.5. The zero-order valence-electron chi connectivity index (χ0n) is 18.8. The van der Waals surface area contributed by atoms with E-state index in [1.807, 2.05) is 0 Å². The van der Waals surface area contributed by atoms with Gasteiger partial charge in [-0.3, -0.25) is 4.39 Å². The second kappa shape index (κ2) is 12.4. The van der Waals surface area contributed by atoms with Crippen LogP contribution in [0.3, 0.4) is 0 Å². The Morgan fingerprint density at radius 2 is 1.06 bits per heavy atom. The van der Waals surface area contributed by atoms with E-state index in [0.29, 0.717) is 0 Å². The summed E-state index contributed by atoms with van der Waals surface area (Å²) in [5.74, 6) is 0. The van der Waals surface area contributed by atoms with Crippen LogP contribution >= 0.6 is 44.7 Å². The Bertz CT molecular complexity index is 1190. The molecule has 0 unspecified atom stereocenters. The average molecular weight is 583 g/mol. The van der Waals surface area contributed by atoms with Gasteiger partial charge in [0.05, 0.1) is 8.52 Å². The smallest absolute Gasteiger partial charge is 0.00135 e. The van der Waals surface area contributed by atoms with Crippen molar-refractivity contribution in [3.8, 4) is 22.3 Å². The molecule has 165 valence electrons. The maximum Gasteiger partial charge on any atom is -0.00135 e. The molecule has 0 aromatic heterocycles. The van der Waals surface area contributed by atoms with E-state index in [4.69, 9.17) is 1.37 Å². The molecule has 0 heterocycles. The van der Waals surface area contributed by atoms with Crippen LogP contribution in [-0.2, 0) is 12.8 Å². The summed E-state index contributed by atoms with van der Waals surface area (Å²) in [6.07, 6.45) is 2.16. The minimum atomic E-state index is -1.00. The minimum Gasteiger partial charge on any atom is -0.0619 e. The first-order valence-corrected chi connectivity index (χ1v) is 12.1. The predicted molar refractivity (Wildman–Crippen MR) is 149 cm³/mol. The molecule has 1 radical (unpaired) electrons. The van der Waals surface area contributed by atoms with Crippen molar-refractivity contribution >= 4 is 52.3 Å². The normalized spacial score (nSPS) is 11.4. The van der Waals surface area contributed by atoms with Crippen LogP contribution < -0.4 is 0 Å². The van der Waals surface area contributed by atoms with Crippen LogP contribution in [-0.4, -0.2) is 14.8 Å². The van der Waals surface area contributed by atoms with E-state index in [0.717, 1.165) is 21.8 Å². The zero-order chi connectivity index (χ0) is 24.5. The van der Waals surface area contributed by atoms with Crippen LogP contribution in [0.5, 0.6) is 0 Å². The third-order valence-corrected chi connectivity index (χ3v) is 6.51. The maximum absolute atomic E-state index is 9.96. The zero-order valence-corrected chi connectivity index (χ0v) is 21.9. The third kappa shape index (κ3) is 6.11. The Labute approximate surface area is 219 Å². The molecule has 2 aliphatic carbocycles. The number of hydrogen-bond donors (Lipinski definition) is 1. The molecule has 0 amide bonds. The first kappa shape index (κ1) is 24.1. The molecule has 0 spiro atoms. The fraction of sp³-hybridized carbons (Fsp3) is 0.111. The molecule has 6 rings (SSSR count). The molecule has 0 saturated heterocycles. The first-order valence-electron chi connectivity index (χ1n) is 10.9. The third-order valence-electron chi connectivity index (χ3n) is 5.52. The van der Waals surface area contributed by atoms with Gasteiger partial charge in [0.25, 0.3) is 0 Å². The van der Waals surface area contributed by atoms with Crippen molar-refractivity contribution in [3.63, 3.8) is 0 Å². The summed E-state index contributed by atoms with van der Waals surface area (Å²) >= 11 is 10.2. The van der Waals surface area contributed by atoms with Crippen LogP contribution in [0.25, 0.3) is 22.3 Å². The Morgan fingerprint density at radius 1 is 0.727 bits per heavy atom. The van der Waals surface area contributed by atoms with E-state index >= 15 is 0 Å². The SMILES string of the molecule is Brc1ccc2c(c1)-c1cc(Br)ccc1C2.[2H]CF.[B]=NS.c1ccc2c(c1)Cc1ccccc1-2. The summed E-state index contributed by atoms with van der Waals surface area (Å²) in [6.45, 7) is 0. The largest absolute Gasteiger partial charge is 0.0619 e. The van der Waals surface area contributed by atoms with E-state index in [2.05, 4.69) is 142 Å². The van der Waals surface area contributed by atoms with Crippen molar-refractivity contribution in [2.45, 2.75) is 12.8 Å². The van der Waals surface area contributed by atoms with Crippen molar-refractivity contribution in [1.82, 2.24) is 0 Å². The second-order valence-corrected chi connectivity index (χ2v) is 9.45. The molecule has 0 aliphatic heterocycles. The number of fused-ring (bicyclic) bond motifs is 6. The van der Waals surface area contributed by atoms with E-state index in [-0.39, 0.29) is 0 Å². The van der Waals surface area contributed by atoms with Crippen molar-refractivity contribution in [2.24, 2.45) is 4.30 Å². The fourth-order valence-corrected chi connectivity index (χ4v) is 4.91. The van der Waals surface area contributed by atoms with Crippen LogP contribution in [0.1, 0.15) is 23.6 Å². The Hall–Kier alpha value is -2.02. The van der Waals surface area contributed by atoms with Gasteiger partial charge >= 0.3 is 24.8 Å². The van der Waals surface area contributed by atoms with Gasteiger partial charge in [-0.1, -0.05) is 92.5 Å². The van der Waals surface area contributed by atoms with Gasteiger partial charge in [-0.25, -0.2) is 0 Å². The van der Waals surface area contributed by atoms with Gasteiger partial charge in [0.1, 0.15) is 0 Å². The number of rotatable bonds is 0. The van der Waals surface area contributed by atoms with E-state index in [1.165, 1.54) is 44.5 Å². The molecular weight excluding hydrogens is 560 g/mol. The molecular formula is C27H22BBr2FNS. The Morgan fingerprint density at radius 3 is 1.45 bits per heavy atom. The quantitative estimate of drug-likeness (QED) is 0.136. The maximum atomic E-state index is 9.96. The van der Waals surface area contributed by atoms with E-state index < -0.39 is 7.15 Å². The Balaban J connectivity index is 0.000000156. The van der Waals surface area contributed by atoms with Gasteiger partial charge < -0.3 is 0 Å². The van der Waals surface area contributed by atoms with Crippen molar-refractivity contribution in [2.75, 3.05) is 7.15 Å².